The molecular formula is C16H17N. The normalized spacial score (nSPS) is 11.2. The molecule has 0 radical (unpaired) electrons. The molecule has 0 amide bonds. The van der Waals surface area contributed by atoms with E-state index in [0.29, 0.717) is 5.92 Å². The molecular weight excluding hydrogens is 206 g/mol. The zero-order chi connectivity index (χ0) is 12.1. The Morgan fingerprint density at radius 3 is 2.47 bits per heavy atom. The first-order valence-electron chi connectivity index (χ1n) is 5.94. The average molecular weight is 223 g/mol. The van der Waals surface area contributed by atoms with Crippen LogP contribution in [0, 0.1) is 0 Å². The van der Waals surface area contributed by atoms with E-state index in [1.807, 2.05) is 30.6 Å². The van der Waals surface area contributed by atoms with Crippen LogP contribution in [0.15, 0.2) is 48.8 Å². The van der Waals surface area contributed by atoms with Crippen LogP contribution in [0.3, 0.4) is 0 Å². The molecule has 86 valence electrons. The van der Waals surface area contributed by atoms with Crippen LogP contribution in [0.2, 0.25) is 0 Å². The summed E-state index contributed by atoms with van der Waals surface area (Å²) in [5.74, 6) is 0.522. The van der Waals surface area contributed by atoms with Crippen LogP contribution in [0.25, 0.3) is 12.2 Å². The Bertz CT molecular complexity index is 498. The Morgan fingerprint density at radius 2 is 1.76 bits per heavy atom. The summed E-state index contributed by atoms with van der Waals surface area (Å²) in [7, 11) is 0. The van der Waals surface area contributed by atoms with E-state index in [0.717, 1.165) is 0 Å². The Labute approximate surface area is 103 Å². The van der Waals surface area contributed by atoms with Crippen LogP contribution in [-0.4, -0.2) is 4.98 Å². The lowest BCUT2D eigenvalue weighted by Crippen LogP contribution is -1.92. The van der Waals surface area contributed by atoms with Gasteiger partial charge in [0.2, 0.25) is 0 Å². The highest BCUT2D eigenvalue weighted by atomic mass is 14.6. The zero-order valence-electron chi connectivity index (χ0n) is 10.3. The van der Waals surface area contributed by atoms with Gasteiger partial charge in [0.25, 0.3) is 0 Å². The van der Waals surface area contributed by atoms with Gasteiger partial charge in [-0.2, -0.15) is 0 Å². The molecule has 17 heavy (non-hydrogen) atoms. The second-order valence-electron chi connectivity index (χ2n) is 4.40. The van der Waals surface area contributed by atoms with Gasteiger partial charge in [0.05, 0.1) is 0 Å². The first kappa shape index (κ1) is 11.6. The van der Waals surface area contributed by atoms with E-state index in [9.17, 15) is 0 Å². The highest BCUT2D eigenvalue weighted by Crippen LogP contribution is 2.20. The van der Waals surface area contributed by atoms with Crippen LogP contribution in [0.5, 0.6) is 0 Å². The molecule has 1 nitrogen and oxygen atoms in total. The maximum absolute atomic E-state index is 4.19. The number of rotatable bonds is 3. The van der Waals surface area contributed by atoms with Crippen molar-refractivity contribution in [3.05, 3.63) is 65.5 Å². The lowest BCUT2D eigenvalue weighted by Gasteiger charge is -2.08. The molecule has 0 fully saturated rings. The first-order chi connectivity index (χ1) is 8.27. The molecule has 0 aliphatic rings. The molecule has 0 atom stereocenters. The molecule has 1 aromatic heterocycles. The highest BCUT2D eigenvalue weighted by molar-refractivity contribution is 5.70. The minimum absolute atomic E-state index is 0.522. The zero-order valence-corrected chi connectivity index (χ0v) is 10.3. The minimum atomic E-state index is 0.522. The number of benzene rings is 1. The molecule has 2 aromatic rings. The van der Waals surface area contributed by atoms with Crippen molar-refractivity contribution < 1.29 is 0 Å². The predicted octanol–water partition coefficient (Wildman–Crippen LogP) is 4.38. The van der Waals surface area contributed by atoms with Crippen molar-refractivity contribution in [2.24, 2.45) is 0 Å². The Balaban J connectivity index is 2.27. The number of aromatic nitrogens is 1. The first-order valence-corrected chi connectivity index (χ1v) is 5.94. The SMILES string of the molecule is CC(C)c1ccncc1/C=C/c1ccccc1. The van der Waals surface area contributed by atoms with E-state index in [4.69, 9.17) is 0 Å². The second-order valence-corrected chi connectivity index (χ2v) is 4.40. The molecule has 2 rings (SSSR count). The Morgan fingerprint density at radius 1 is 1.00 bits per heavy atom. The summed E-state index contributed by atoms with van der Waals surface area (Å²) < 4.78 is 0. The second kappa shape index (κ2) is 5.44. The summed E-state index contributed by atoms with van der Waals surface area (Å²) in [5.41, 5.74) is 3.75. The van der Waals surface area contributed by atoms with Gasteiger partial charge in [-0.1, -0.05) is 56.3 Å². The van der Waals surface area contributed by atoms with Gasteiger partial charge in [0.1, 0.15) is 0 Å². The maximum atomic E-state index is 4.19. The third kappa shape index (κ3) is 3.04. The summed E-state index contributed by atoms with van der Waals surface area (Å²) in [4.78, 5) is 4.19. The molecule has 1 heterocycles. The van der Waals surface area contributed by atoms with Crippen molar-refractivity contribution in [3.8, 4) is 0 Å². The minimum Gasteiger partial charge on any atom is -0.264 e. The summed E-state index contributed by atoms with van der Waals surface area (Å²) in [6.45, 7) is 4.41. The van der Waals surface area contributed by atoms with Crippen molar-refractivity contribution in [1.82, 2.24) is 4.98 Å². The highest BCUT2D eigenvalue weighted by Gasteiger charge is 2.02. The lowest BCUT2D eigenvalue weighted by atomic mass is 9.99. The molecule has 0 aliphatic heterocycles. The van der Waals surface area contributed by atoms with Crippen molar-refractivity contribution in [2.75, 3.05) is 0 Å². The summed E-state index contributed by atoms with van der Waals surface area (Å²) in [6.07, 6.45) is 8.05. The van der Waals surface area contributed by atoms with E-state index in [1.54, 1.807) is 0 Å². The van der Waals surface area contributed by atoms with Crippen LogP contribution >= 0.6 is 0 Å². The smallest absolute Gasteiger partial charge is 0.0343 e. The molecule has 0 saturated heterocycles. The van der Waals surface area contributed by atoms with Crippen molar-refractivity contribution in [1.29, 1.82) is 0 Å². The molecule has 1 heteroatoms. The Kier molecular flexibility index (Phi) is 3.71. The van der Waals surface area contributed by atoms with Gasteiger partial charge in [0.15, 0.2) is 0 Å². The van der Waals surface area contributed by atoms with Crippen molar-refractivity contribution in [2.45, 2.75) is 19.8 Å². The van der Waals surface area contributed by atoms with Gasteiger partial charge in [-0.3, -0.25) is 4.98 Å². The lowest BCUT2D eigenvalue weighted by molar-refractivity contribution is 0.860. The van der Waals surface area contributed by atoms with E-state index >= 15 is 0 Å². The summed E-state index contributed by atoms with van der Waals surface area (Å²) in [5, 5.41) is 0. The molecule has 0 saturated carbocycles. The maximum Gasteiger partial charge on any atom is 0.0343 e. The summed E-state index contributed by atoms with van der Waals surface area (Å²) >= 11 is 0. The van der Waals surface area contributed by atoms with Gasteiger partial charge < -0.3 is 0 Å². The fourth-order valence-corrected chi connectivity index (χ4v) is 1.83. The van der Waals surface area contributed by atoms with Crippen molar-refractivity contribution in [3.63, 3.8) is 0 Å². The van der Waals surface area contributed by atoms with Gasteiger partial charge in [-0.15, -0.1) is 0 Å². The van der Waals surface area contributed by atoms with Gasteiger partial charge in [0, 0.05) is 12.4 Å². The molecule has 0 unspecified atom stereocenters. The van der Waals surface area contributed by atoms with Crippen LogP contribution in [0.1, 0.15) is 36.5 Å². The molecule has 1 aromatic carbocycles. The van der Waals surface area contributed by atoms with E-state index in [1.165, 1.54) is 16.7 Å². The largest absolute Gasteiger partial charge is 0.264 e. The quantitative estimate of drug-likeness (QED) is 0.752. The van der Waals surface area contributed by atoms with Crippen LogP contribution in [0.4, 0.5) is 0 Å². The summed E-state index contributed by atoms with van der Waals surface area (Å²) in [6, 6.07) is 12.4. The van der Waals surface area contributed by atoms with Crippen LogP contribution < -0.4 is 0 Å². The van der Waals surface area contributed by atoms with Crippen molar-refractivity contribution >= 4 is 12.2 Å². The third-order valence-corrected chi connectivity index (χ3v) is 2.76. The number of nitrogens with zero attached hydrogens (tertiary/aromatic N) is 1. The molecule has 0 spiro atoms. The van der Waals surface area contributed by atoms with Gasteiger partial charge >= 0.3 is 0 Å². The fourth-order valence-electron chi connectivity index (χ4n) is 1.83. The van der Waals surface area contributed by atoms with Gasteiger partial charge in [-0.25, -0.2) is 0 Å². The van der Waals surface area contributed by atoms with Gasteiger partial charge in [-0.05, 0) is 28.7 Å². The van der Waals surface area contributed by atoms with E-state index < -0.39 is 0 Å². The van der Waals surface area contributed by atoms with E-state index in [-0.39, 0.29) is 0 Å². The fraction of sp³-hybridized carbons (Fsp3) is 0.188. The molecule has 0 N–H and O–H groups in total. The third-order valence-electron chi connectivity index (χ3n) is 2.76. The molecule has 0 bridgehead atoms. The number of pyridine rings is 1. The Hall–Kier alpha value is -1.89. The standard InChI is InChI=1S/C16H17N/c1-13(2)16-10-11-17-12-15(16)9-8-14-6-4-3-5-7-14/h3-13H,1-2H3/b9-8+. The topological polar surface area (TPSA) is 12.9 Å². The van der Waals surface area contributed by atoms with Crippen LogP contribution in [-0.2, 0) is 0 Å². The monoisotopic (exact) mass is 223 g/mol. The number of hydrogen-bond acceptors (Lipinski definition) is 1. The molecule has 0 aliphatic carbocycles. The number of hydrogen-bond donors (Lipinski definition) is 0. The van der Waals surface area contributed by atoms with E-state index in [2.05, 4.69) is 49.2 Å². The predicted molar refractivity (Wildman–Crippen MR) is 73.7 cm³/mol. The average Bonchev–Trinajstić information content (AvgIpc) is 2.38.